The van der Waals surface area contributed by atoms with Crippen LogP contribution in [0.25, 0.3) is 0 Å². The van der Waals surface area contributed by atoms with Gasteiger partial charge in [0.05, 0.1) is 13.2 Å². The Morgan fingerprint density at radius 3 is 1.14 bits per heavy atom. The van der Waals surface area contributed by atoms with E-state index in [0.717, 1.165) is 51.4 Å². The van der Waals surface area contributed by atoms with E-state index in [-0.39, 0.29) is 12.8 Å². The number of rotatable bonds is 38. The number of aliphatic hydroxyl groups excluding tert-OH is 5. The minimum absolute atomic E-state index is 0.0114. The van der Waals surface area contributed by atoms with E-state index in [0.29, 0.717) is 12.8 Å². The molecule has 2 fully saturated rings. The van der Waals surface area contributed by atoms with Gasteiger partial charge < -0.3 is 53.8 Å². The van der Waals surface area contributed by atoms with Crippen LogP contribution in [0, 0.1) is 0 Å². The molecular weight excluding hydrogens is 841 g/mol. The van der Waals surface area contributed by atoms with Gasteiger partial charge in [-0.05, 0) is 12.8 Å². The molecule has 2 aliphatic rings. The summed E-state index contributed by atoms with van der Waals surface area (Å²) in [5, 5.41) is 52.2. The van der Waals surface area contributed by atoms with Crippen molar-refractivity contribution in [1.82, 2.24) is 0 Å². The average molecular weight is 926 g/mol. The van der Waals surface area contributed by atoms with Gasteiger partial charge in [-0.1, -0.05) is 181 Å². The van der Waals surface area contributed by atoms with Crippen LogP contribution < -0.4 is 0 Å². The number of aliphatic hydroxyl groups is 5. The molecular formula is C46H85O16S-. The molecule has 0 aromatic rings. The van der Waals surface area contributed by atoms with Crippen molar-refractivity contribution in [3.63, 3.8) is 0 Å². The monoisotopic (exact) mass is 926 g/mol. The van der Waals surface area contributed by atoms with Crippen LogP contribution in [0.3, 0.4) is 0 Å². The van der Waals surface area contributed by atoms with Gasteiger partial charge in [0.15, 0.2) is 24.6 Å². The fourth-order valence-electron chi connectivity index (χ4n) is 8.30. The normalized spacial score (nSPS) is 26.5. The van der Waals surface area contributed by atoms with Crippen LogP contribution in [0.4, 0.5) is 0 Å². The predicted octanol–water partition coefficient (Wildman–Crippen LogP) is 6.93. The first-order chi connectivity index (χ1) is 30.4. The number of unbranched alkanes of at least 4 members (excludes halogenated alkanes) is 26. The molecule has 0 spiro atoms. The summed E-state index contributed by atoms with van der Waals surface area (Å²) in [6, 6.07) is 0. The van der Waals surface area contributed by atoms with E-state index in [2.05, 4.69) is 18.0 Å². The number of esters is 2. The summed E-state index contributed by atoms with van der Waals surface area (Å²) in [5.41, 5.74) is 0. The van der Waals surface area contributed by atoms with Crippen LogP contribution in [-0.4, -0.2) is 125 Å². The van der Waals surface area contributed by atoms with Crippen molar-refractivity contribution in [3.05, 3.63) is 0 Å². The van der Waals surface area contributed by atoms with E-state index in [9.17, 15) is 48.1 Å². The summed E-state index contributed by atoms with van der Waals surface area (Å²) in [6.07, 6.45) is 13.2. The quantitative estimate of drug-likeness (QED) is 0.0182. The molecule has 17 heteroatoms. The zero-order valence-corrected chi connectivity index (χ0v) is 39.4. The summed E-state index contributed by atoms with van der Waals surface area (Å²) in [6.45, 7) is 2.74. The highest BCUT2D eigenvalue weighted by atomic mass is 32.3. The van der Waals surface area contributed by atoms with Gasteiger partial charge in [-0.15, -0.1) is 0 Å². The van der Waals surface area contributed by atoms with E-state index in [1.165, 1.54) is 116 Å². The SMILES string of the molecule is CCCCCCCCCCCCCCCCCC(=O)OC1C(O)C(CO)OC(OC2OC(CO)C(O)C(O)C2OS(=O)(=O)[O-])C1OC(=O)CCCCCCCCCCCCCCC. The van der Waals surface area contributed by atoms with E-state index in [1.807, 2.05) is 0 Å². The fraction of sp³-hybridized carbons (Fsp3) is 0.957. The molecule has 2 heterocycles. The zero-order valence-electron chi connectivity index (χ0n) is 38.5. The number of carbonyl (C=O) groups excluding carboxylic acids is 2. The Labute approximate surface area is 378 Å². The molecule has 372 valence electrons. The van der Waals surface area contributed by atoms with Crippen LogP contribution in [0.15, 0.2) is 0 Å². The van der Waals surface area contributed by atoms with Crippen molar-refractivity contribution in [2.45, 2.75) is 268 Å². The first kappa shape index (κ1) is 57.6. The van der Waals surface area contributed by atoms with Crippen LogP contribution >= 0.6 is 0 Å². The molecule has 10 atom stereocenters. The Balaban J connectivity index is 2.01. The number of ether oxygens (including phenoxy) is 5. The maximum Gasteiger partial charge on any atom is 0.306 e. The van der Waals surface area contributed by atoms with Gasteiger partial charge in [-0.3, -0.25) is 13.8 Å². The molecule has 10 unspecified atom stereocenters. The van der Waals surface area contributed by atoms with Gasteiger partial charge in [0.25, 0.3) is 0 Å². The van der Waals surface area contributed by atoms with Crippen molar-refractivity contribution >= 4 is 22.3 Å². The second kappa shape index (κ2) is 34.7. The van der Waals surface area contributed by atoms with Crippen LogP contribution in [0.1, 0.15) is 206 Å². The minimum Gasteiger partial charge on any atom is -0.726 e. The Kier molecular flexibility index (Phi) is 31.8. The average Bonchev–Trinajstić information content (AvgIpc) is 3.25. The van der Waals surface area contributed by atoms with Gasteiger partial charge in [0.1, 0.15) is 30.5 Å². The largest absolute Gasteiger partial charge is 0.726 e. The zero-order chi connectivity index (χ0) is 46.3. The molecule has 0 bridgehead atoms. The molecule has 0 saturated carbocycles. The third kappa shape index (κ3) is 24.7. The first-order valence-electron chi connectivity index (χ1n) is 24.6. The second-order valence-corrected chi connectivity index (χ2v) is 18.6. The lowest BCUT2D eigenvalue weighted by atomic mass is 9.97. The highest BCUT2D eigenvalue weighted by Crippen LogP contribution is 2.33. The van der Waals surface area contributed by atoms with Gasteiger partial charge in [-0.2, -0.15) is 0 Å². The first-order valence-corrected chi connectivity index (χ1v) is 25.9. The maximum atomic E-state index is 13.3. The topological polar surface area (TPSA) is 248 Å². The summed E-state index contributed by atoms with van der Waals surface area (Å²) >= 11 is 0. The molecule has 0 amide bonds. The lowest BCUT2D eigenvalue weighted by molar-refractivity contribution is -0.374. The lowest BCUT2D eigenvalue weighted by Crippen LogP contribution is -2.65. The van der Waals surface area contributed by atoms with Crippen LogP contribution in [0.2, 0.25) is 0 Å². The van der Waals surface area contributed by atoms with Gasteiger partial charge in [0.2, 0.25) is 16.7 Å². The number of carbonyl (C=O) groups is 2. The molecule has 16 nitrogen and oxygen atoms in total. The van der Waals surface area contributed by atoms with E-state index in [4.69, 9.17) is 23.7 Å². The van der Waals surface area contributed by atoms with Crippen LogP contribution in [-0.2, 0) is 47.9 Å². The molecule has 0 aromatic carbocycles. The van der Waals surface area contributed by atoms with Gasteiger partial charge >= 0.3 is 11.9 Å². The molecule has 2 aliphatic heterocycles. The predicted molar refractivity (Wildman–Crippen MR) is 235 cm³/mol. The Morgan fingerprint density at radius 1 is 0.476 bits per heavy atom. The third-order valence-corrected chi connectivity index (χ3v) is 12.6. The molecule has 2 saturated heterocycles. The van der Waals surface area contributed by atoms with Crippen molar-refractivity contribution in [1.29, 1.82) is 0 Å². The minimum atomic E-state index is -5.53. The number of hydrogen-bond acceptors (Lipinski definition) is 16. The highest BCUT2D eigenvalue weighted by molar-refractivity contribution is 7.80. The summed E-state index contributed by atoms with van der Waals surface area (Å²) in [7, 11) is -5.53. The maximum absolute atomic E-state index is 13.3. The van der Waals surface area contributed by atoms with Crippen molar-refractivity contribution in [2.24, 2.45) is 0 Å². The van der Waals surface area contributed by atoms with Gasteiger partial charge in [0, 0.05) is 12.8 Å². The van der Waals surface area contributed by atoms with Crippen LogP contribution in [0.5, 0.6) is 0 Å². The molecule has 0 aromatic heterocycles. The highest BCUT2D eigenvalue weighted by Gasteiger charge is 2.54. The summed E-state index contributed by atoms with van der Waals surface area (Å²) in [5.74, 6) is -1.46. The third-order valence-electron chi connectivity index (χ3n) is 12.1. The molecule has 0 radical (unpaired) electrons. The van der Waals surface area contributed by atoms with E-state index >= 15 is 0 Å². The second-order valence-electron chi connectivity index (χ2n) is 17.6. The van der Waals surface area contributed by atoms with E-state index < -0.39 is 97.0 Å². The Bertz CT molecular complexity index is 1270. The van der Waals surface area contributed by atoms with Gasteiger partial charge in [-0.25, -0.2) is 8.42 Å². The van der Waals surface area contributed by atoms with E-state index in [1.54, 1.807) is 0 Å². The molecule has 2 rings (SSSR count). The fourth-order valence-corrected chi connectivity index (χ4v) is 8.77. The van der Waals surface area contributed by atoms with Crippen molar-refractivity contribution < 1.29 is 76.0 Å². The number of hydrogen-bond donors (Lipinski definition) is 5. The summed E-state index contributed by atoms with van der Waals surface area (Å²) < 4.78 is 67.8. The Morgan fingerprint density at radius 2 is 0.794 bits per heavy atom. The smallest absolute Gasteiger partial charge is 0.306 e. The summed E-state index contributed by atoms with van der Waals surface area (Å²) in [4.78, 5) is 26.6. The van der Waals surface area contributed by atoms with Crippen molar-refractivity contribution in [2.75, 3.05) is 13.2 Å². The Hall–Kier alpha value is -1.51. The molecule has 5 N–H and O–H groups in total. The lowest BCUT2D eigenvalue weighted by Gasteiger charge is -2.46. The van der Waals surface area contributed by atoms with Crippen molar-refractivity contribution in [3.8, 4) is 0 Å². The standard InChI is InChI=1S/C46H86O16S/c1-3-5-7-9-11-13-15-17-18-20-22-23-25-27-29-31-37(49)59-42-40(52)36(34-48)58-46(61-45-43(62-63(54,55)56)41(53)39(51)35(33-47)57-45)44(42)60-38(50)32-30-28-26-24-21-19-16-14-12-10-8-6-4-2/h35-36,39-48,51-53H,3-34H2,1-2H3,(H,54,55,56)/p-1. The molecule has 63 heavy (non-hydrogen) atoms. The molecule has 0 aliphatic carbocycles.